The Hall–Kier alpha value is -1.74. The van der Waals surface area contributed by atoms with Gasteiger partial charge in [-0.1, -0.05) is 24.3 Å². The second-order valence-corrected chi connectivity index (χ2v) is 5.86. The summed E-state index contributed by atoms with van der Waals surface area (Å²) in [6.45, 7) is 0. The highest BCUT2D eigenvalue weighted by atomic mass is 32.2. The van der Waals surface area contributed by atoms with E-state index in [4.69, 9.17) is 4.74 Å². The number of benzene rings is 2. The largest absolute Gasteiger partial charge is 0.497 e. The normalized spacial score (nSPS) is 13.3. The Bertz CT molecular complexity index is 632. The summed E-state index contributed by atoms with van der Waals surface area (Å²) >= 11 is 1.80. The van der Waals surface area contributed by atoms with Gasteiger partial charge in [0.25, 0.3) is 0 Å². The Morgan fingerprint density at radius 2 is 1.90 bits per heavy atom. The topological polar surface area (TPSA) is 26.3 Å². The molecule has 2 aromatic carbocycles. The maximum atomic E-state index is 11.7. The van der Waals surface area contributed by atoms with E-state index in [9.17, 15) is 4.79 Å². The third kappa shape index (κ3) is 2.59. The summed E-state index contributed by atoms with van der Waals surface area (Å²) < 4.78 is 5.16. The zero-order valence-electron chi connectivity index (χ0n) is 11.4. The molecule has 0 aliphatic heterocycles. The predicted octanol–water partition coefficient (Wildman–Crippen LogP) is 4.12. The number of carbonyl (C=O) groups excluding carboxylic acids is 1. The van der Waals surface area contributed by atoms with Crippen LogP contribution in [0.4, 0.5) is 0 Å². The van der Waals surface area contributed by atoms with Gasteiger partial charge in [0, 0.05) is 22.6 Å². The van der Waals surface area contributed by atoms with E-state index in [-0.39, 0.29) is 5.78 Å². The molecule has 3 heteroatoms. The van der Waals surface area contributed by atoms with Crippen LogP contribution in [0.25, 0.3) is 0 Å². The van der Waals surface area contributed by atoms with Crippen LogP contribution in [0.3, 0.4) is 0 Å². The number of hydrogen-bond donors (Lipinski definition) is 0. The quantitative estimate of drug-likeness (QED) is 0.790. The molecule has 102 valence electrons. The lowest BCUT2D eigenvalue weighted by Gasteiger charge is -2.08. The van der Waals surface area contributed by atoms with E-state index in [0.717, 1.165) is 23.5 Å². The summed E-state index contributed by atoms with van der Waals surface area (Å²) in [7, 11) is 1.67. The van der Waals surface area contributed by atoms with Crippen molar-refractivity contribution in [1.29, 1.82) is 0 Å². The first kappa shape index (κ1) is 13.3. The SMILES string of the molecule is COc1ccc(CSc2cccc3c2CCC3=O)cc1. The van der Waals surface area contributed by atoms with Crippen molar-refractivity contribution in [3.05, 3.63) is 59.2 Å². The van der Waals surface area contributed by atoms with Crippen LogP contribution < -0.4 is 4.74 Å². The van der Waals surface area contributed by atoms with Crippen molar-refractivity contribution in [2.75, 3.05) is 7.11 Å². The van der Waals surface area contributed by atoms with E-state index in [1.54, 1.807) is 18.9 Å². The van der Waals surface area contributed by atoms with Gasteiger partial charge in [-0.15, -0.1) is 11.8 Å². The highest BCUT2D eigenvalue weighted by Crippen LogP contribution is 2.33. The maximum absolute atomic E-state index is 11.7. The Morgan fingerprint density at radius 1 is 1.10 bits per heavy atom. The first-order valence-corrected chi connectivity index (χ1v) is 7.67. The molecule has 2 nitrogen and oxygen atoms in total. The van der Waals surface area contributed by atoms with Gasteiger partial charge in [-0.3, -0.25) is 4.79 Å². The molecule has 1 aliphatic rings. The molecular formula is C17H16O2S. The van der Waals surface area contributed by atoms with Crippen LogP contribution in [0.2, 0.25) is 0 Å². The summed E-state index contributed by atoms with van der Waals surface area (Å²) in [4.78, 5) is 13.0. The van der Waals surface area contributed by atoms with Gasteiger partial charge in [0.2, 0.25) is 0 Å². The van der Waals surface area contributed by atoms with Gasteiger partial charge in [0.05, 0.1) is 7.11 Å². The van der Waals surface area contributed by atoms with Gasteiger partial charge in [0.1, 0.15) is 5.75 Å². The van der Waals surface area contributed by atoms with Crippen molar-refractivity contribution < 1.29 is 9.53 Å². The molecular weight excluding hydrogens is 268 g/mol. The second kappa shape index (κ2) is 5.71. The molecule has 0 saturated carbocycles. The number of ketones is 1. The van der Waals surface area contributed by atoms with Crippen molar-refractivity contribution in [3.63, 3.8) is 0 Å². The number of hydrogen-bond acceptors (Lipinski definition) is 3. The van der Waals surface area contributed by atoms with Crippen LogP contribution in [0.15, 0.2) is 47.4 Å². The molecule has 1 aliphatic carbocycles. The number of carbonyl (C=O) groups is 1. The Morgan fingerprint density at radius 3 is 2.65 bits per heavy atom. The van der Waals surface area contributed by atoms with Gasteiger partial charge in [-0.05, 0) is 35.7 Å². The lowest BCUT2D eigenvalue weighted by atomic mass is 10.1. The minimum absolute atomic E-state index is 0.284. The second-order valence-electron chi connectivity index (χ2n) is 4.84. The molecule has 0 spiro atoms. The fourth-order valence-corrected chi connectivity index (χ4v) is 3.55. The summed E-state index contributed by atoms with van der Waals surface area (Å²) in [5.41, 5.74) is 3.42. The summed E-state index contributed by atoms with van der Waals surface area (Å²) in [6.07, 6.45) is 1.55. The van der Waals surface area contributed by atoms with Crippen molar-refractivity contribution >= 4 is 17.5 Å². The van der Waals surface area contributed by atoms with E-state index >= 15 is 0 Å². The van der Waals surface area contributed by atoms with Crippen molar-refractivity contribution in [1.82, 2.24) is 0 Å². The number of fused-ring (bicyclic) bond motifs is 1. The minimum Gasteiger partial charge on any atom is -0.497 e. The average Bonchev–Trinajstić information content (AvgIpc) is 2.88. The van der Waals surface area contributed by atoms with Crippen LogP contribution in [-0.4, -0.2) is 12.9 Å². The first-order chi connectivity index (χ1) is 9.78. The van der Waals surface area contributed by atoms with Gasteiger partial charge in [-0.25, -0.2) is 0 Å². The van der Waals surface area contributed by atoms with Gasteiger partial charge >= 0.3 is 0 Å². The average molecular weight is 284 g/mol. The van der Waals surface area contributed by atoms with E-state index in [1.807, 2.05) is 24.3 Å². The number of methoxy groups -OCH3 is 1. The third-order valence-electron chi connectivity index (χ3n) is 3.59. The van der Waals surface area contributed by atoms with Crippen LogP contribution in [0.1, 0.15) is 27.9 Å². The van der Waals surface area contributed by atoms with Crippen LogP contribution >= 0.6 is 11.8 Å². The monoisotopic (exact) mass is 284 g/mol. The highest BCUT2D eigenvalue weighted by Gasteiger charge is 2.21. The lowest BCUT2D eigenvalue weighted by molar-refractivity contribution is 0.0994. The highest BCUT2D eigenvalue weighted by molar-refractivity contribution is 7.98. The minimum atomic E-state index is 0.284. The third-order valence-corrected chi connectivity index (χ3v) is 4.76. The number of rotatable bonds is 4. The zero-order chi connectivity index (χ0) is 13.9. The molecule has 3 rings (SSSR count). The van der Waals surface area contributed by atoms with E-state index < -0.39 is 0 Å². The maximum Gasteiger partial charge on any atom is 0.163 e. The molecule has 0 unspecified atom stereocenters. The molecule has 0 bridgehead atoms. The molecule has 2 aromatic rings. The standard InChI is InChI=1S/C17H16O2S/c1-19-13-7-5-12(6-8-13)11-20-17-4-2-3-14-15(17)9-10-16(14)18/h2-8H,9-11H2,1H3. The summed E-state index contributed by atoms with van der Waals surface area (Å²) in [6, 6.07) is 14.2. The molecule has 0 N–H and O–H groups in total. The molecule has 20 heavy (non-hydrogen) atoms. The van der Waals surface area contributed by atoms with Gasteiger partial charge in [-0.2, -0.15) is 0 Å². The van der Waals surface area contributed by atoms with Crippen LogP contribution in [0, 0.1) is 0 Å². The molecule has 0 amide bonds. The smallest absolute Gasteiger partial charge is 0.163 e. The van der Waals surface area contributed by atoms with Crippen LogP contribution in [0.5, 0.6) is 5.75 Å². The zero-order valence-corrected chi connectivity index (χ0v) is 12.2. The van der Waals surface area contributed by atoms with E-state index in [0.29, 0.717) is 6.42 Å². The fraction of sp³-hybridized carbons (Fsp3) is 0.235. The van der Waals surface area contributed by atoms with Crippen molar-refractivity contribution in [3.8, 4) is 5.75 Å². The Balaban J connectivity index is 1.74. The first-order valence-electron chi connectivity index (χ1n) is 6.69. The number of ether oxygens (including phenoxy) is 1. The Labute approximate surface area is 123 Å². The molecule has 0 radical (unpaired) electrons. The molecule has 0 heterocycles. The van der Waals surface area contributed by atoms with Crippen LogP contribution in [-0.2, 0) is 12.2 Å². The summed E-state index contributed by atoms with van der Waals surface area (Å²) in [5.74, 6) is 2.08. The number of Topliss-reactive ketones (excluding diaryl/α,β-unsaturated/α-hetero) is 1. The van der Waals surface area contributed by atoms with Gasteiger partial charge < -0.3 is 4.74 Å². The molecule has 0 aromatic heterocycles. The van der Waals surface area contributed by atoms with E-state index in [1.165, 1.54) is 16.0 Å². The molecule has 0 fully saturated rings. The summed E-state index contributed by atoms with van der Waals surface area (Å²) in [5, 5.41) is 0. The predicted molar refractivity (Wildman–Crippen MR) is 81.6 cm³/mol. The molecule has 0 saturated heterocycles. The fourth-order valence-electron chi connectivity index (χ4n) is 2.48. The lowest BCUT2D eigenvalue weighted by Crippen LogP contribution is -1.91. The van der Waals surface area contributed by atoms with E-state index in [2.05, 4.69) is 18.2 Å². The van der Waals surface area contributed by atoms with Crippen molar-refractivity contribution in [2.24, 2.45) is 0 Å². The molecule has 0 atom stereocenters. The van der Waals surface area contributed by atoms with Gasteiger partial charge in [0.15, 0.2) is 5.78 Å². The van der Waals surface area contributed by atoms with Crippen molar-refractivity contribution in [2.45, 2.75) is 23.5 Å². The number of thioether (sulfide) groups is 1. The Kier molecular flexibility index (Phi) is 3.79.